The van der Waals surface area contributed by atoms with Gasteiger partial charge in [0.25, 0.3) is 0 Å². The van der Waals surface area contributed by atoms with Gasteiger partial charge in [-0.15, -0.1) is 0 Å². The van der Waals surface area contributed by atoms with E-state index in [0.717, 1.165) is 16.7 Å². The van der Waals surface area contributed by atoms with Crippen LogP contribution in [-0.2, 0) is 20.9 Å². The topological polar surface area (TPSA) is 148 Å². The maximum absolute atomic E-state index is 13.4. The molecule has 0 fully saturated rings. The van der Waals surface area contributed by atoms with Crippen LogP contribution in [0.5, 0.6) is 11.5 Å². The van der Waals surface area contributed by atoms with Crippen LogP contribution in [0.3, 0.4) is 0 Å². The number of anilines is 1. The van der Waals surface area contributed by atoms with Gasteiger partial charge in [0, 0.05) is 68.5 Å². The molecule has 0 saturated heterocycles. The molecule has 5 rings (SSSR count). The van der Waals surface area contributed by atoms with Gasteiger partial charge in [0.05, 0.1) is 44.0 Å². The third-order valence-electron chi connectivity index (χ3n) is 8.30. The first-order chi connectivity index (χ1) is 23.9. The first-order valence-electron chi connectivity index (χ1n) is 15.9. The van der Waals surface area contributed by atoms with E-state index < -0.39 is 36.5 Å². The van der Waals surface area contributed by atoms with Gasteiger partial charge in [-0.05, 0) is 50.1 Å². The number of fused-ring (bicyclic) bond motifs is 1. The summed E-state index contributed by atoms with van der Waals surface area (Å²) in [7, 11) is 0. The molecule has 1 amide bonds. The third kappa shape index (κ3) is 8.76. The van der Waals surface area contributed by atoms with E-state index in [1.807, 2.05) is 37.3 Å². The monoisotopic (exact) mass is 741 g/mol. The molecule has 0 radical (unpaired) electrons. The summed E-state index contributed by atoms with van der Waals surface area (Å²) >= 11 is 19.2. The summed E-state index contributed by atoms with van der Waals surface area (Å²) in [5, 5.41) is 23.7. The quantitative estimate of drug-likeness (QED) is 0.0985. The minimum absolute atomic E-state index is 0.0393. The lowest BCUT2D eigenvalue weighted by atomic mass is 9.95. The minimum Gasteiger partial charge on any atom is -0.493 e. The van der Waals surface area contributed by atoms with Crippen molar-refractivity contribution in [1.82, 2.24) is 9.78 Å². The molecule has 1 aromatic heterocycles. The van der Waals surface area contributed by atoms with Crippen LogP contribution < -0.4 is 14.4 Å². The number of ketones is 1. The Morgan fingerprint density at radius 2 is 1.74 bits per heavy atom. The molecule has 11 nitrogen and oxygen atoms in total. The van der Waals surface area contributed by atoms with E-state index in [1.165, 1.54) is 12.1 Å². The lowest BCUT2D eigenvalue weighted by molar-refractivity contribution is -0.148. The number of carboxylic acids is 2. The number of para-hydroxylation sites is 1. The zero-order valence-electron chi connectivity index (χ0n) is 27.0. The van der Waals surface area contributed by atoms with Crippen molar-refractivity contribution in [2.45, 2.75) is 45.6 Å². The van der Waals surface area contributed by atoms with Gasteiger partial charge in [0.2, 0.25) is 5.91 Å². The van der Waals surface area contributed by atoms with Gasteiger partial charge in [0.1, 0.15) is 5.75 Å². The van der Waals surface area contributed by atoms with Crippen LogP contribution in [0.2, 0.25) is 15.1 Å². The fraction of sp³-hybridized carbons (Fsp3) is 0.306. The maximum Gasteiger partial charge on any atom is 0.307 e. The number of ether oxygens (including phenoxy) is 2. The standard InChI is InChI=1S/C36H34Cl3N3O8/c1-21-27(37)7-3-9-32(21)49-12-4-10-33(44)42-11-5-13-50-35-25(6-2-8-30(35)42)24-18-40-41(19-24)20-26-28(38)14-22(15-29(26)39)31(43)16-23(36(47)48)17-34(45)46/h2-3,6-9,14-15,18-19,23H,4-5,10-13,16-17,20H2,1H3,(H,45,46)(H,47,48)/t23-/m0/s1. The number of halogens is 3. The van der Waals surface area contributed by atoms with E-state index in [9.17, 15) is 24.3 Å². The Morgan fingerprint density at radius 1 is 1.00 bits per heavy atom. The summed E-state index contributed by atoms with van der Waals surface area (Å²) < 4.78 is 13.7. The highest BCUT2D eigenvalue weighted by molar-refractivity contribution is 6.36. The lowest BCUT2D eigenvalue weighted by Crippen LogP contribution is -2.31. The molecule has 3 aromatic carbocycles. The number of amides is 1. The van der Waals surface area contributed by atoms with E-state index in [1.54, 1.807) is 28.0 Å². The van der Waals surface area contributed by atoms with Crippen LogP contribution in [0.25, 0.3) is 11.1 Å². The summed E-state index contributed by atoms with van der Waals surface area (Å²) in [5.41, 5.74) is 3.57. The van der Waals surface area contributed by atoms with Gasteiger partial charge in [-0.1, -0.05) is 53.0 Å². The first-order valence-corrected chi connectivity index (χ1v) is 17.0. The molecule has 0 aliphatic carbocycles. The number of Topliss-reactive ketones (excluding diaryl/α,β-unsaturated/α-hetero) is 1. The number of aromatic nitrogens is 2. The predicted octanol–water partition coefficient (Wildman–Crippen LogP) is 7.59. The summed E-state index contributed by atoms with van der Waals surface area (Å²) in [6.45, 7) is 3.35. The van der Waals surface area contributed by atoms with Crippen molar-refractivity contribution >= 4 is 64.1 Å². The molecule has 14 heteroatoms. The molecule has 2 heterocycles. The average molecular weight is 743 g/mol. The van der Waals surface area contributed by atoms with Gasteiger partial charge in [-0.3, -0.25) is 23.9 Å². The Balaban J connectivity index is 1.28. The van der Waals surface area contributed by atoms with Gasteiger partial charge in [-0.2, -0.15) is 5.10 Å². The fourth-order valence-electron chi connectivity index (χ4n) is 5.64. The number of hydrogen-bond donors (Lipinski definition) is 2. The number of carboxylic acid groups (broad SMARTS) is 2. The Morgan fingerprint density at radius 3 is 2.46 bits per heavy atom. The normalized spacial score (nSPS) is 13.2. The second-order valence-corrected chi connectivity index (χ2v) is 13.0. The lowest BCUT2D eigenvalue weighted by Gasteiger charge is -2.23. The minimum atomic E-state index is -1.38. The Labute approximate surface area is 303 Å². The van der Waals surface area contributed by atoms with E-state index in [2.05, 4.69) is 5.10 Å². The second kappa shape index (κ2) is 16.4. The molecule has 1 atom stereocenters. The van der Waals surface area contributed by atoms with E-state index in [0.29, 0.717) is 60.4 Å². The third-order valence-corrected chi connectivity index (χ3v) is 9.38. The van der Waals surface area contributed by atoms with E-state index in [4.69, 9.17) is 49.4 Å². The number of hydrogen-bond acceptors (Lipinski definition) is 7. The highest BCUT2D eigenvalue weighted by Crippen LogP contribution is 2.40. The number of nitrogens with zero attached hydrogens (tertiary/aromatic N) is 3. The summed E-state index contributed by atoms with van der Waals surface area (Å²) in [6.07, 6.45) is 3.73. The van der Waals surface area contributed by atoms with Crippen LogP contribution in [0.1, 0.15) is 53.6 Å². The number of aliphatic carboxylic acids is 2. The number of carbonyl (C=O) groups is 4. The van der Waals surface area contributed by atoms with Crippen molar-refractivity contribution in [2.24, 2.45) is 5.92 Å². The van der Waals surface area contributed by atoms with Crippen LogP contribution in [0.4, 0.5) is 5.69 Å². The average Bonchev–Trinajstić information content (AvgIpc) is 3.43. The molecule has 1 aliphatic rings. The molecule has 1 aliphatic heterocycles. The largest absolute Gasteiger partial charge is 0.493 e. The van der Waals surface area contributed by atoms with E-state index in [-0.39, 0.29) is 34.5 Å². The smallest absolute Gasteiger partial charge is 0.307 e. The summed E-state index contributed by atoms with van der Waals surface area (Å²) in [4.78, 5) is 50.4. The van der Waals surface area contributed by atoms with Crippen LogP contribution in [-0.4, -0.2) is 63.4 Å². The van der Waals surface area contributed by atoms with Gasteiger partial charge in [-0.25, -0.2) is 0 Å². The molecule has 0 saturated carbocycles. The van der Waals surface area contributed by atoms with Gasteiger partial charge < -0.3 is 24.6 Å². The molecule has 0 spiro atoms. The zero-order valence-corrected chi connectivity index (χ0v) is 29.3. The molecule has 262 valence electrons. The SMILES string of the molecule is Cc1c(Cl)cccc1OCCCC(=O)N1CCCOc2c(-c3cnn(Cc4c(Cl)cc(C(=O)C[C@@H](CC(=O)O)C(=O)O)cc4Cl)c3)cccc21. The molecule has 0 bridgehead atoms. The van der Waals surface area contributed by atoms with Gasteiger partial charge in [0.15, 0.2) is 11.5 Å². The number of benzene rings is 3. The number of rotatable bonds is 14. The molecular formula is C36H34Cl3N3O8. The molecule has 0 unspecified atom stereocenters. The van der Waals surface area contributed by atoms with Crippen LogP contribution >= 0.6 is 34.8 Å². The Bertz CT molecular complexity index is 1910. The van der Waals surface area contributed by atoms with Crippen molar-refractivity contribution in [2.75, 3.05) is 24.7 Å². The second-order valence-electron chi connectivity index (χ2n) is 11.8. The summed E-state index contributed by atoms with van der Waals surface area (Å²) in [5.74, 6) is -3.44. The highest BCUT2D eigenvalue weighted by Gasteiger charge is 2.27. The first kappa shape index (κ1) is 36.7. The Hall–Kier alpha value is -4.58. The summed E-state index contributed by atoms with van der Waals surface area (Å²) in [6, 6.07) is 13.9. The molecule has 50 heavy (non-hydrogen) atoms. The van der Waals surface area contributed by atoms with E-state index >= 15 is 0 Å². The van der Waals surface area contributed by atoms with Crippen molar-refractivity contribution in [1.29, 1.82) is 0 Å². The van der Waals surface area contributed by atoms with Crippen molar-refractivity contribution in [3.8, 4) is 22.6 Å². The molecule has 2 N–H and O–H groups in total. The molecule has 4 aromatic rings. The van der Waals surface area contributed by atoms with Crippen molar-refractivity contribution in [3.05, 3.63) is 92.7 Å². The van der Waals surface area contributed by atoms with Crippen LogP contribution in [0, 0.1) is 12.8 Å². The van der Waals surface area contributed by atoms with Gasteiger partial charge >= 0.3 is 11.9 Å². The van der Waals surface area contributed by atoms with Crippen molar-refractivity contribution < 1.29 is 38.9 Å². The fourth-order valence-corrected chi connectivity index (χ4v) is 6.42. The predicted molar refractivity (Wildman–Crippen MR) is 189 cm³/mol. The Kier molecular flexibility index (Phi) is 12.0. The zero-order chi connectivity index (χ0) is 35.9. The number of carbonyl (C=O) groups excluding carboxylic acids is 2. The van der Waals surface area contributed by atoms with Crippen LogP contribution in [0.15, 0.2) is 60.9 Å². The van der Waals surface area contributed by atoms with Crippen molar-refractivity contribution in [3.63, 3.8) is 0 Å². The maximum atomic E-state index is 13.4. The highest BCUT2D eigenvalue weighted by atomic mass is 35.5. The molecular weight excluding hydrogens is 709 g/mol.